The van der Waals surface area contributed by atoms with Crippen molar-refractivity contribution in [1.82, 2.24) is 20.1 Å². The molecule has 5 rings (SSSR count). The number of anilines is 1. The lowest BCUT2D eigenvalue weighted by atomic mass is 9.95. The van der Waals surface area contributed by atoms with Crippen LogP contribution in [0.25, 0.3) is 11.0 Å². The van der Waals surface area contributed by atoms with Crippen molar-refractivity contribution in [1.29, 1.82) is 0 Å². The van der Waals surface area contributed by atoms with Crippen LogP contribution < -0.4 is 10.6 Å². The third-order valence-corrected chi connectivity index (χ3v) is 7.05. The maximum atomic E-state index is 13.4. The Kier molecular flexibility index (Phi) is 6.30. The minimum absolute atomic E-state index is 0.136. The molecule has 3 aromatic rings. The number of nitrogens with one attached hydrogen (secondary N) is 2. The van der Waals surface area contributed by atoms with Crippen molar-refractivity contribution >= 4 is 40.1 Å². The Bertz CT molecular complexity index is 1240. The highest BCUT2D eigenvalue weighted by Crippen LogP contribution is 2.40. The SMILES string of the molecule is CC(C)n1ncc2c(C(=O)Nc3ccc(Cl)c(C(=O)NC4CCCCC4)c3)cc(C3CC3)nc21. The van der Waals surface area contributed by atoms with Crippen LogP contribution in [0, 0.1) is 0 Å². The average Bonchev–Trinajstić information content (AvgIpc) is 3.58. The predicted octanol–water partition coefficient (Wildman–Crippen LogP) is 5.86. The van der Waals surface area contributed by atoms with Crippen molar-refractivity contribution in [3.8, 4) is 0 Å². The molecule has 0 radical (unpaired) electrons. The summed E-state index contributed by atoms with van der Waals surface area (Å²) in [5.41, 5.74) is 3.10. The van der Waals surface area contributed by atoms with Crippen molar-refractivity contribution in [2.24, 2.45) is 0 Å². The molecule has 2 N–H and O–H groups in total. The van der Waals surface area contributed by atoms with E-state index in [1.165, 1.54) is 6.42 Å². The second-order valence-corrected chi connectivity index (χ2v) is 10.2. The Hall–Kier alpha value is -2.93. The fourth-order valence-electron chi connectivity index (χ4n) is 4.68. The lowest BCUT2D eigenvalue weighted by Crippen LogP contribution is -2.36. The molecule has 2 saturated carbocycles. The highest BCUT2D eigenvalue weighted by atomic mass is 35.5. The minimum atomic E-state index is -0.251. The molecular formula is C26H30ClN5O2. The number of aromatic nitrogens is 3. The summed E-state index contributed by atoms with van der Waals surface area (Å²) in [6.45, 7) is 4.09. The minimum Gasteiger partial charge on any atom is -0.349 e. The number of benzene rings is 1. The summed E-state index contributed by atoms with van der Waals surface area (Å²) in [5.74, 6) is -0.0517. The zero-order chi connectivity index (χ0) is 23.8. The Morgan fingerprint density at radius 1 is 1.03 bits per heavy atom. The molecule has 8 heteroatoms. The second kappa shape index (κ2) is 9.37. The van der Waals surface area contributed by atoms with E-state index in [0.29, 0.717) is 27.8 Å². The lowest BCUT2D eigenvalue weighted by Gasteiger charge is -2.23. The first kappa shape index (κ1) is 22.8. The van der Waals surface area contributed by atoms with Gasteiger partial charge in [-0.1, -0.05) is 30.9 Å². The first-order chi connectivity index (χ1) is 16.4. The number of halogens is 1. The molecule has 2 aliphatic carbocycles. The molecule has 7 nitrogen and oxygen atoms in total. The first-order valence-electron chi connectivity index (χ1n) is 12.2. The molecule has 0 aliphatic heterocycles. The molecule has 2 amide bonds. The molecule has 1 aromatic carbocycles. The molecule has 34 heavy (non-hydrogen) atoms. The van der Waals surface area contributed by atoms with Gasteiger partial charge in [-0.15, -0.1) is 0 Å². The highest BCUT2D eigenvalue weighted by molar-refractivity contribution is 6.34. The van der Waals surface area contributed by atoms with Crippen molar-refractivity contribution < 1.29 is 9.59 Å². The molecule has 2 fully saturated rings. The quantitative estimate of drug-likeness (QED) is 0.463. The van der Waals surface area contributed by atoms with E-state index in [9.17, 15) is 9.59 Å². The number of hydrogen-bond donors (Lipinski definition) is 2. The smallest absolute Gasteiger partial charge is 0.256 e. The van der Waals surface area contributed by atoms with Gasteiger partial charge in [0.25, 0.3) is 11.8 Å². The van der Waals surface area contributed by atoms with Gasteiger partial charge in [0, 0.05) is 29.4 Å². The van der Waals surface area contributed by atoms with Gasteiger partial charge in [0.2, 0.25) is 0 Å². The normalized spacial score (nSPS) is 16.7. The largest absolute Gasteiger partial charge is 0.349 e. The predicted molar refractivity (Wildman–Crippen MR) is 134 cm³/mol. The zero-order valence-corrected chi connectivity index (χ0v) is 20.4. The molecule has 178 valence electrons. The molecule has 0 unspecified atom stereocenters. The number of fused-ring (bicyclic) bond motifs is 1. The van der Waals surface area contributed by atoms with E-state index in [0.717, 1.165) is 55.3 Å². The van der Waals surface area contributed by atoms with E-state index >= 15 is 0 Å². The van der Waals surface area contributed by atoms with Crippen LogP contribution in [0.15, 0.2) is 30.5 Å². The van der Waals surface area contributed by atoms with Gasteiger partial charge in [0.05, 0.1) is 27.7 Å². The number of pyridine rings is 1. The van der Waals surface area contributed by atoms with Crippen LogP contribution in [0.5, 0.6) is 0 Å². The Balaban J connectivity index is 1.41. The molecule has 0 saturated heterocycles. The maximum Gasteiger partial charge on any atom is 0.256 e. The lowest BCUT2D eigenvalue weighted by molar-refractivity contribution is 0.0926. The van der Waals surface area contributed by atoms with Gasteiger partial charge >= 0.3 is 0 Å². The van der Waals surface area contributed by atoms with Gasteiger partial charge in [-0.2, -0.15) is 5.10 Å². The van der Waals surface area contributed by atoms with E-state index in [1.807, 2.05) is 24.6 Å². The number of carbonyl (C=O) groups is 2. The standard InChI is InChI=1S/C26H30ClN5O2/c1-15(2)32-24-21(14-28-32)19(13-23(31-24)16-8-9-16)25(33)30-18-10-11-22(27)20(12-18)26(34)29-17-6-4-3-5-7-17/h10-17H,3-9H2,1-2H3,(H,29,34)(H,30,33). The number of amides is 2. The third kappa shape index (κ3) is 4.67. The highest BCUT2D eigenvalue weighted by Gasteiger charge is 2.28. The van der Waals surface area contributed by atoms with Gasteiger partial charge < -0.3 is 10.6 Å². The van der Waals surface area contributed by atoms with Gasteiger partial charge in [-0.05, 0) is 63.8 Å². The van der Waals surface area contributed by atoms with Gasteiger partial charge in [0.1, 0.15) is 0 Å². The number of hydrogen-bond acceptors (Lipinski definition) is 4. The van der Waals surface area contributed by atoms with E-state index in [4.69, 9.17) is 16.6 Å². The molecule has 0 atom stereocenters. The molecule has 2 aliphatic rings. The van der Waals surface area contributed by atoms with Crippen LogP contribution >= 0.6 is 11.6 Å². The monoisotopic (exact) mass is 479 g/mol. The van der Waals surface area contributed by atoms with Crippen LogP contribution in [-0.2, 0) is 0 Å². The van der Waals surface area contributed by atoms with Crippen molar-refractivity contribution in [3.63, 3.8) is 0 Å². The van der Waals surface area contributed by atoms with E-state index < -0.39 is 0 Å². The summed E-state index contributed by atoms with van der Waals surface area (Å²) < 4.78 is 1.86. The third-order valence-electron chi connectivity index (χ3n) is 6.73. The fraction of sp³-hybridized carbons (Fsp3) is 0.462. The molecule has 2 aromatic heterocycles. The Morgan fingerprint density at radius 2 is 1.79 bits per heavy atom. The van der Waals surface area contributed by atoms with Gasteiger partial charge in [0.15, 0.2) is 5.65 Å². The van der Waals surface area contributed by atoms with Gasteiger partial charge in [-0.25, -0.2) is 9.67 Å². The van der Waals surface area contributed by atoms with Crippen LogP contribution in [-0.4, -0.2) is 32.6 Å². The Labute approximate surface area is 204 Å². The summed E-state index contributed by atoms with van der Waals surface area (Å²) >= 11 is 6.34. The number of carbonyl (C=O) groups excluding carboxylic acids is 2. The van der Waals surface area contributed by atoms with Crippen LogP contribution in [0.2, 0.25) is 5.02 Å². The molecule has 0 bridgehead atoms. The zero-order valence-electron chi connectivity index (χ0n) is 19.6. The summed E-state index contributed by atoms with van der Waals surface area (Å²) in [5, 5.41) is 11.6. The summed E-state index contributed by atoms with van der Waals surface area (Å²) in [6, 6.07) is 7.22. The van der Waals surface area contributed by atoms with Crippen LogP contribution in [0.4, 0.5) is 5.69 Å². The van der Waals surface area contributed by atoms with Crippen LogP contribution in [0.3, 0.4) is 0 Å². The maximum absolute atomic E-state index is 13.4. The van der Waals surface area contributed by atoms with Gasteiger partial charge in [-0.3, -0.25) is 9.59 Å². The summed E-state index contributed by atoms with van der Waals surface area (Å²) in [7, 11) is 0. The van der Waals surface area contributed by atoms with Crippen molar-refractivity contribution in [2.45, 2.75) is 76.8 Å². The summed E-state index contributed by atoms with van der Waals surface area (Å²) in [4.78, 5) is 31.1. The average molecular weight is 480 g/mol. The summed E-state index contributed by atoms with van der Waals surface area (Å²) in [6.07, 6.45) is 9.35. The molecular weight excluding hydrogens is 450 g/mol. The van der Waals surface area contributed by atoms with E-state index in [-0.39, 0.29) is 23.9 Å². The Morgan fingerprint density at radius 3 is 2.50 bits per heavy atom. The van der Waals surface area contributed by atoms with E-state index in [1.54, 1.807) is 24.4 Å². The molecule has 2 heterocycles. The van der Waals surface area contributed by atoms with Crippen LogP contribution in [0.1, 0.15) is 97.2 Å². The number of nitrogens with zero attached hydrogens (tertiary/aromatic N) is 3. The number of rotatable bonds is 6. The van der Waals surface area contributed by atoms with Crippen molar-refractivity contribution in [2.75, 3.05) is 5.32 Å². The first-order valence-corrected chi connectivity index (χ1v) is 12.6. The molecule has 0 spiro atoms. The second-order valence-electron chi connectivity index (χ2n) is 9.75. The van der Waals surface area contributed by atoms with Crippen molar-refractivity contribution in [3.05, 3.63) is 52.3 Å². The topological polar surface area (TPSA) is 88.9 Å². The fourth-order valence-corrected chi connectivity index (χ4v) is 4.88. The van der Waals surface area contributed by atoms with E-state index in [2.05, 4.69) is 15.7 Å².